The molecule has 1 aromatic heterocycles. The van der Waals surface area contributed by atoms with Crippen molar-refractivity contribution in [1.29, 1.82) is 0 Å². The molecule has 0 aliphatic heterocycles. The molecule has 1 aromatic carbocycles. The van der Waals surface area contributed by atoms with Gasteiger partial charge in [0.15, 0.2) is 12.6 Å². The van der Waals surface area contributed by atoms with Crippen LogP contribution in [0.2, 0.25) is 0 Å². The Balaban J connectivity index is 1.89. The van der Waals surface area contributed by atoms with Gasteiger partial charge in [0.05, 0.1) is 13.7 Å². The lowest BCUT2D eigenvalue weighted by Gasteiger charge is -2.12. The van der Waals surface area contributed by atoms with E-state index in [9.17, 15) is 13.2 Å². The highest BCUT2D eigenvalue weighted by molar-refractivity contribution is 5.79. The third-order valence-corrected chi connectivity index (χ3v) is 3.56. The van der Waals surface area contributed by atoms with E-state index in [1.807, 2.05) is 13.0 Å². The molecule has 2 rings (SSSR count). The summed E-state index contributed by atoms with van der Waals surface area (Å²) in [5, 5.41) is 6.32. The average Bonchev–Trinajstić information content (AvgIpc) is 2.69. The Hall–Kier alpha value is -2.97. The number of methoxy groups -OCH3 is 1. The fraction of sp³-hybridized carbons (Fsp3) is 0.368. The zero-order chi connectivity index (χ0) is 20.4. The summed E-state index contributed by atoms with van der Waals surface area (Å²) in [7, 11) is 1.56. The Morgan fingerprint density at radius 2 is 1.79 bits per heavy atom. The fourth-order valence-corrected chi connectivity index (χ4v) is 2.19. The summed E-state index contributed by atoms with van der Waals surface area (Å²) >= 11 is 0. The number of ether oxygens (including phenoxy) is 2. The number of guanidine groups is 1. The van der Waals surface area contributed by atoms with Crippen LogP contribution in [0.5, 0.6) is 11.6 Å². The summed E-state index contributed by atoms with van der Waals surface area (Å²) in [6.45, 7) is 2.25. The van der Waals surface area contributed by atoms with Crippen molar-refractivity contribution in [2.75, 3.05) is 20.3 Å². The van der Waals surface area contributed by atoms with E-state index in [-0.39, 0.29) is 5.75 Å². The van der Waals surface area contributed by atoms with E-state index in [1.54, 1.807) is 31.5 Å². The lowest BCUT2D eigenvalue weighted by atomic mass is 10.2. The highest BCUT2D eigenvalue weighted by atomic mass is 19.4. The summed E-state index contributed by atoms with van der Waals surface area (Å²) in [4.78, 5) is 8.63. The minimum absolute atomic E-state index is 0.175. The number of aromatic nitrogens is 1. The predicted molar refractivity (Wildman–Crippen MR) is 100 cm³/mol. The van der Waals surface area contributed by atoms with E-state index in [0.717, 1.165) is 11.1 Å². The van der Waals surface area contributed by atoms with Crippen LogP contribution in [-0.4, -0.2) is 37.4 Å². The quantitative estimate of drug-likeness (QED) is 0.530. The molecule has 1 heterocycles. The van der Waals surface area contributed by atoms with E-state index in [1.165, 1.54) is 12.1 Å². The number of pyridine rings is 1. The first-order valence-corrected chi connectivity index (χ1v) is 8.69. The molecule has 0 aliphatic rings. The third kappa shape index (κ3) is 7.73. The highest BCUT2D eigenvalue weighted by Gasteiger charge is 2.28. The molecule has 28 heavy (non-hydrogen) atoms. The Labute approximate surface area is 161 Å². The molecule has 0 saturated heterocycles. The number of hydrogen-bond acceptors (Lipinski definition) is 4. The first-order valence-electron chi connectivity index (χ1n) is 8.69. The molecular formula is C19H23F3N4O2. The van der Waals surface area contributed by atoms with E-state index >= 15 is 0 Å². The van der Waals surface area contributed by atoms with E-state index < -0.39 is 12.8 Å². The maximum atomic E-state index is 12.2. The second-order valence-electron chi connectivity index (χ2n) is 5.81. The molecule has 0 saturated carbocycles. The number of halogens is 3. The second-order valence-corrected chi connectivity index (χ2v) is 5.81. The van der Waals surface area contributed by atoms with Crippen LogP contribution < -0.4 is 20.1 Å². The summed E-state index contributed by atoms with van der Waals surface area (Å²) in [6.07, 6.45) is -2.65. The van der Waals surface area contributed by atoms with Crippen molar-refractivity contribution in [3.05, 3.63) is 53.7 Å². The standard InChI is InChI=1S/C19H23F3N4O2/c1-3-23-18(26-12-15-6-9-17(27-2)24-11-15)25-10-14-4-7-16(8-5-14)28-13-19(20,21)22/h4-9,11H,3,10,12-13H2,1-2H3,(H2,23,25,26). The van der Waals surface area contributed by atoms with Crippen LogP contribution in [0.15, 0.2) is 47.6 Å². The molecule has 0 spiro atoms. The molecule has 0 fully saturated rings. The second kappa shape index (κ2) is 10.4. The molecule has 0 aliphatic carbocycles. The molecule has 9 heteroatoms. The van der Waals surface area contributed by atoms with Crippen LogP contribution in [0, 0.1) is 0 Å². The number of rotatable bonds is 8. The molecular weight excluding hydrogens is 373 g/mol. The van der Waals surface area contributed by atoms with Crippen LogP contribution in [0.4, 0.5) is 13.2 Å². The molecule has 6 nitrogen and oxygen atoms in total. The Bertz CT molecular complexity index is 747. The van der Waals surface area contributed by atoms with Gasteiger partial charge in [0.25, 0.3) is 0 Å². The van der Waals surface area contributed by atoms with Crippen molar-refractivity contribution >= 4 is 5.96 Å². The fourth-order valence-electron chi connectivity index (χ4n) is 2.19. The molecule has 0 amide bonds. The van der Waals surface area contributed by atoms with Crippen LogP contribution in [0.25, 0.3) is 0 Å². The summed E-state index contributed by atoms with van der Waals surface area (Å²) in [6, 6.07) is 10.1. The number of aliphatic imine (C=N–C) groups is 1. The largest absolute Gasteiger partial charge is 0.484 e. The molecule has 0 radical (unpaired) electrons. The Morgan fingerprint density at radius 1 is 1.07 bits per heavy atom. The monoisotopic (exact) mass is 396 g/mol. The Kier molecular flexibility index (Phi) is 7.91. The van der Waals surface area contributed by atoms with E-state index in [2.05, 4.69) is 20.6 Å². The van der Waals surface area contributed by atoms with Crippen molar-refractivity contribution < 1.29 is 22.6 Å². The summed E-state index contributed by atoms with van der Waals surface area (Å²) in [5.41, 5.74) is 1.82. The van der Waals surface area contributed by atoms with Gasteiger partial charge in [0.2, 0.25) is 5.88 Å². The number of hydrogen-bond donors (Lipinski definition) is 2. The lowest BCUT2D eigenvalue weighted by molar-refractivity contribution is -0.153. The first-order chi connectivity index (χ1) is 13.4. The molecule has 0 bridgehead atoms. The van der Waals surface area contributed by atoms with Gasteiger partial charge in [-0.2, -0.15) is 13.2 Å². The number of nitrogens with one attached hydrogen (secondary N) is 2. The van der Waals surface area contributed by atoms with Gasteiger partial charge in [0.1, 0.15) is 5.75 Å². The SMILES string of the molecule is CCNC(=NCc1ccc(OC)nc1)NCc1ccc(OCC(F)(F)F)cc1. The van der Waals surface area contributed by atoms with Crippen molar-refractivity contribution in [3.8, 4) is 11.6 Å². The zero-order valence-electron chi connectivity index (χ0n) is 15.7. The zero-order valence-corrected chi connectivity index (χ0v) is 15.7. The third-order valence-electron chi connectivity index (χ3n) is 3.56. The molecule has 0 atom stereocenters. The average molecular weight is 396 g/mol. The topological polar surface area (TPSA) is 67.8 Å². The van der Waals surface area contributed by atoms with E-state index in [0.29, 0.717) is 31.5 Å². The Morgan fingerprint density at radius 3 is 2.36 bits per heavy atom. The maximum absolute atomic E-state index is 12.2. The number of nitrogens with zero attached hydrogens (tertiary/aromatic N) is 2. The lowest BCUT2D eigenvalue weighted by Crippen LogP contribution is -2.36. The minimum Gasteiger partial charge on any atom is -0.484 e. The molecule has 152 valence electrons. The molecule has 2 aromatic rings. The predicted octanol–water partition coefficient (Wildman–Crippen LogP) is 3.29. The van der Waals surface area contributed by atoms with Crippen LogP contribution >= 0.6 is 0 Å². The van der Waals surface area contributed by atoms with Gasteiger partial charge < -0.3 is 20.1 Å². The number of benzene rings is 1. The van der Waals surface area contributed by atoms with Crippen molar-refractivity contribution in [1.82, 2.24) is 15.6 Å². The maximum Gasteiger partial charge on any atom is 0.422 e. The molecule has 2 N–H and O–H groups in total. The van der Waals surface area contributed by atoms with Gasteiger partial charge in [-0.05, 0) is 30.2 Å². The van der Waals surface area contributed by atoms with Crippen LogP contribution in [0.1, 0.15) is 18.1 Å². The summed E-state index contributed by atoms with van der Waals surface area (Å²) < 4.78 is 46.2. The van der Waals surface area contributed by atoms with E-state index in [4.69, 9.17) is 9.47 Å². The van der Waals surface area contributed by atoms with Crippen molar-refractivity contribution in [2.45, 2.75) is 26.2 Å². The minimum atomic E-state index is -4.35. The van der Waals surface area contributed by atoms with Crippen molar-refractivity contribution in [3.63, 3.8) is 0 Å². The van der Waals surface area contributed by atoms with Crippen molar-refractivity contribution in [2.24, 2.45) is 4.99 Å². The van der Waals surface area contributed by atoms with Crippen LogP contribution in [0.3, 0.4) is 0 Å². The summed E-state index contributed by atoms with van der Waals surface area (Å²) in [5.74, 6) is 1.34. The van der Waals surface area contributed by atoms with Gasteiger partial charge >= 0.3 is 6.18 Å². The van der Waals surface area contributed by atoms with Gasteiger partial charge in [-0.3, -0.25) is 0 Å². The van der Waals surface area contributed by atoms with Gasteiger partial charge in [-0.25, -0.2) is 9.98 Å². The van der Waals surface area contributed by atoms with Gasteiger partial charge in [-0.1, -0.05) is 18.2 Å². The first kappa shape index (κ1) is 21.3. The van der Waals surface area contributed by atoms with Gasteiger partial charge in [0, 0.05) is 25.4 Å². The number of alkyl halides is 3. The van der Waals surface area contributed by atoms with Gasteiger partial charge in [-0.15, -0.1) is 0 Å². The highest BCUT2D eigenvalue weighted by Crippen LogP contribution is 2.18. The van der Waals surface area contributed by atoms with Crippen LogP contribution in [-0.2, 0) is 13.1 Å². The smallest absolute Gasteiger partial charge is 0.422 e. The molecule has 0 unspecified atom stereocenters. The normalized spacial score (nSPS) is 11.8.